The van der Waals surface area contributed by atoms with E-state index in [-0.39, 0.29) is 35.0 Å². The maximum Gasteiger partial charge on any atom is 0.225 e. The van der Waals surface area contributed by atoms with Gasteiger partial charge in [0.25, 0.3) is 0 Å². The molecule has 1 N–H and O–H groups in total. The first kappa shape index (κ1) is 21.1. The normalized spacial score (nSPS) is 28.2. The number of hydrogen-bond acceptors (Lipinski definition) is 5. The minimum absolute atomic E-state index is 0. The van der Waals surface area contributed by atoms with Crippen LogP contribution in [0.3, 0.4) is 0 Å². The molecular weight excluding hydrogens is 443 g/mol. The Morgan fingerprint density at radius 1 is 1.19 bits per heavy atom. The highest BCUT2D eigenvalue weighted by molar-refractivity contribution is 14.0. The molecule has 7 nitrogen and oxygen atoms in total. The molecular formula is C18H31IN6O. The van der Waals surface area contributed by atoms with Crippen molar-refractivity contribution in [3.63, 3.8) is 0 Å². The van der Waals surface area contributed by atoms with E-state index in [4.69, 9.17) is 4.74 Å². The molecule has 2 unspecified atom stereocenters. The summed E-state index contributed by atoms with van der Waals surface area (Å²) in [5, 5.41) is 3.65. The second-order valence-corrected chi connectivity index (χ2v) is 7.63. The lowest BCUT2D eigenvalue weighted by atomic mass is 9.56. The number of halogens is 1. The Balaban J connectivity index is 0.00000243. The molecule has 1 aromatic heterocycles. The van der Waals surface area contributed by atoms with Crippen molar-refractivity contribution in [3.8, 4) is 0 Å². The molecule has 2 atom stereocenters. The quantitative estimate of drug-likeness (QED) is 0.411. The topological polar surface area (TPSA) is 65.9 Å². The molecule has 1 saturated heterocycles. The third-order valence-corrected chi connectivity index (χ3v) is 6.21. The molecule has 0 spiro atoms. The first-order valence-electron chi connectivity index (χ1n) is 8.96. The largest absolute Gasteiger partial charge is 0.378 e. The van der Waals surface area contributed by atoms with E-state index in [2.05, 4.69) is 50.8 Å². The predicted octanol–water partition coefficient (Wildman–Crippen LogP) is 2.00. The third-order valence-electron chi connectivity index (χ3n) is 6.21. The zero-order valence-corrected chi connectivity index (χ0v) is 18.7. The maximum absolute atomic E-state index is 5.73. The van der Waals surface area contributed by atoms with E-state index in [1.165, 1.54) is 0 Å². The van der Waals surface area contributed by atoms with Crippen LogP contribution in [0.25, 0.3) is 0 Å². The van der Waals surface area contributed by atoms with Crippen LogP contribution >= 0.6 is 24.0 Å². The zero-order chi connectivity index (χ0) is 18.1. The molecule has 146 valence electrons. The second-order valence-electron chi connectivity index (χ2n) is 7.63. The van der Waals surface area contributed by atoms with Gasteiger partial charge in [0.2, 0.25) is 5.95 Å². The molecule has 1 aromatic rings. The van der Waals surface area contributed by atoms with Gasteiger partial charge in [-0.2, -0.15) is 0 Å². The first-order valence-corrected chi connectivity index (χ1v) is 8.96. The lowest BCUT2D eigenvalue weighted by molar-refractivity contribution is -0.177. The Bertz CT molecular complexity index is 617. The molecule has 0 aromatic carbocycles. The van der Waals surface area contributed by atoms with E-state index in [0.717, 1.165) is 44.5 Å². The van der Waals surface area contributed by atoms with Crippen LogP contribution in [-0.4, -0.2) is 72.8 Å². The predicted molar refractivity (Wildman–Crippen MR) is 115 cm³/mol. The van der Waals surface area contributed by atoms with Crippen LogP contribution < -0.4 is 10.2 Å². The Morgan fingerprint density at radius 3 is 2.31 bits per heavy atom. The number of guanidine groups is 1. The van der Waals surface area contributed by atoms with E-state index in [0.29, 0.717) is 6.04 Å². The minimum atomic E-state index is -0.0765. The highest BCUT2D eigenvalue weighted by Gasteiger charge is 2.58. The van der Waals surface area contributed by atoms with Gasteiger partial charge in [0, 0.05) is 64.2 Å². The lowest BCUT2D eigenvalue weighted by Crippen LogP contribution is -2.70. The maximum atomic E-state index is 5.73. The fourth-order valence-corrected chi connectivity index (χ4v) is 3.75. The third kappa shape index (κ3) is 3.76. The average Bonchev–Trinajstić information content (AvgIpc) is 2.65. The number of ether oxygens (including phenoxy) is 1. The summed E-state index contributed by atoms with van der Waals surface area (Å²) in [7, 11) is 3.66. The fraction of sp³-hybridized carbons (Fsp3) is 0.722. The number of piperazine rings is 1. The van der Waals surface area contributed by atoms with Crippen molar-refractivity contribution >= 4 is 35.9 Å². The van der Waals surface area contributed by atoms with E-state index >= 15 is 0 Å². The van der Waals surface area contributed by atoms with Crippen LogP contribution in [0.4, 0.5) is 5.95 Å². The van der Waals surface area contributed by atoms with Crippen molar-refractivity contribution in [2.24, 2.45) is 10.4 Å². The molecule has 1 aliphatic heterocycles. The van der Waals surface area contributed by atoms with Crippen molar-refractivity contribution in [1.29, 1.82) is 0 Å². The van der Waals surface area contributed by atoms with Crippen LogP contribution in [0.2, 0.25) is 0 Å². The molecule has 8 heteroatoms. The summed E-state index contributed by atoms with van der Waals surface area (Å²) in [5.41, 5.74) is -0.00967. The van der Waals surface area contributed by atoms with Gasteiger partial charge in [0.15, 0.2) is 5.96 Å². The standard InChI is InChI=1S/C18H30N6O.HI/c1-17(2)14(13-18(17,3)25-5)22-15(19-4)23-9-11-24(12-10-23)16-20-7-6-8-21-16;/h6-8,14H,9-13H2,1-5H3,(H,19,22);1H. The minimum Gasteiger partial charge on any atom is -0.378 e. The van der Waals surface area contributed by atoms with Gasteiger partial charge in [0.1, 0.15) is 0 Å². The van der Waals surface area contributed by atoms with E-state index in [1.807, 2.05) is 13.1 Å². The number of aromatic nitrogens is 2. The number of hydrogen-bond donors (Lipinski definition) is 1. The van der Waals surface area contributed by atoms with Crippen molar-refractivity contribution in [1.82, 2.24) is 20.2 Å². The number of rotatable bonds is 3. The van der Waals surface area contributed by atoms with E-state index < -0.39 is 0 Å². The van der Waals surface area contributed by atoms with E-state index in [1.54, 1.807) is 19.5 Å². The first-order chi connectivity index (χ1) is 11.9. The van der Waals surface area contributed by atoms with Crippen LogP contribution in [0.1, 0.15) is 27.2 Å². The number of nitrogens with one attached hydrogen (secondary N) is 1. The SMILES string of the molecule is CN=C(NC1CC(C)(OC)C1(C)C)N1CCN(c2ncccn2)CC1.I. The molecule has 2 aliphatic rings. The van der Waals surface area contributed by atoms with Gasteiger partial charge in [-0.1, -0.05) is 13.8 Å². The molecule has 2 heterocycles. The number of nitrogens with zero attached hydrogens (tertiary/aromatic N) is 5. The Morgan fingerprint density at radius 2 is 1.81 bits per heavy atom. The summed E-state index contributed by atoms with van der Waals surface area (Å²) < 4.78 is 5.73. The van der Waals surface area contributed by atoms with Gasteiger partial charge < -0.3 is 19.9 Å². The molecule has 0 bridgehead atoms. The van der Waals surface area contributed by atoms with Crippen LogP contribution in [-0.2, 0) is 4.74 Å². The number of aliphatic imine (C=N–C) groups is 1. The van der Waals surface area contributed by atoms with Crippen molar-refractivity contribution < 1.29 is 4.74 Å². The van der Waals surface area contributed by atoms with Crippen molar-refractivity contribution in [2.45, 2.75) is 38.8 Å². The monoisotopic (exact) mass is 474 g/mol. The van der Waals surface area contributed by atoms with Gasteiger partial charge in [-0.05, 0) is 19.4 Å². The highest BCUT2D eigenvalue weighted by atomic mass is 127. The molecule has 26 heavy (non-hydrogen) atoms. The molecule has 1 saturated carbocycles. The number of anilines is 1. The summed E-state index contributed by atoms with van der Waals surface area (Å²) in [6, 6.07) is 2.21. The van der Waals surface area contributed by atoms with Gasteiger partial charge in [0.05, 0.1) is 5.60 Å². The van der Waals surface area contributed by atoms with Crippen molar-refractivity contribution in [3.05, 3.63) is 18.5 Å². The van der Waals surface area contributed by atoms with E-state index in [9.17, 15) is 0 Å². The van der Waals surface area contributed by atoms with Crippen LogP contribution in [0.5, 0.6) is 0 Å². The van der Waals surface area contributed by atoms with Gasteiger partial charge in [-0.15, -0.1) is 24.0 Å². The summed E-state index contributed by atoms with van der Waals surface area (Å²) in [5.74, 6) is 1.78. The van der Waals surface area contributed by atoms with Crippen LogP contribution in [0, 0.1) is 5.41 Å². The molecule has 0 radical (unpaired) electrons. The zero-order valence-electron chi connectivity index (χ0n) is 16.4. The lowest BCUT2D eigenvalue weighted by Gasteiger charge is -2.59. The fourth-order valence-electron chi connectivity index (χ4n) is 3.75. The smallest absolute Gasteiger partial charge is 0.225 e. The number of methoxy groups -OCH3 is 1. The molecule has 0 amide bonds. The Kier molecular flexibility index (Phi) is 6.70. The molecule has 2 fully saturated rings. The summed E-state index contributed by atoms with van der Waals surface area (Å²) in [6.45, 7) is 10.3. The Hall–Kier alpha value is -1.16. The van der Waals surface area contributed by atoms with Crippen molar-refractivity contribution in [2.75, 3.05) is 45.2 Å². The molecule has 1 aliphatic carbocycles. The van der Waals surface area contributed by atoms with Gasteiger partial charge >= 0.3 is 0 Å². The highest BCUT2D eigenvalue weighted by Crippen LogP contribution is 2.51. The summed E-state index contributed by atoms with van der Waals surface area (Å²) >= 11 is 0. The Labute approximate surface area is 173 Å². The summed E-state index contributed by atoms with van der Waals surface area (Å²) in [4.78, 5) is 17.7. The van der Waals surface area contributed by atoms with Gasteiger partial charge in [-0.3, -0.25) is 4.99 Å². The van der Waals surface area contributed by atoms with Gasteiger partial charge in [-0.25, -0.2) is 9.97 Å². The second kappa shape index (κ2) is 8.24. The van der Waals surface area contributed by atoms with Crippen LogP contribution in [0.15, 0.2) is 23.5 Å². The summed E-state index contributed by atoms with van der Waals surface area (Å²) in [6.07, 6.45) is 4.58. The average molecular weight is 474 g/mol. The molecule has 3 rings (SSSR count).